The Balaban J connectivity index is 2.51. The number of hydrogen-bond donors (Lipinski definition) is 1. The molecular weight excluding hydrogens is 240 g/mol. The number of benzene rings is 1. The Morgan fingerprint density at radius 3 is 2.53 bits per heavy atom. The summed E-state index contributed by atoms with van der Waals surface area (Å²) in [6.45, 7) is 6.20. The van der Waals surface area contributed by atoms with E-state index < -0.39 is 0 Å². The van der Waals surface area contributed by atoms with Gasteiger partial charge in [-0.05, 0) is 38.5 Å². The van der Waals surface area contributed by atoms with Crippen LogP contribution in [-0.2, 0) is 9.53 Å². The van der Waals surface area contributed by atoms with Crippen LogP contribution in [0.25, 0.3) is 0 Å². The van der Waals surface area contributed by atoms with Gasteiger partial charge in [-0.25, -0.2) is 0 Å². The first-order valence-electron chi connectivity index (χ1n) is 6.48. The first-order chi connectivity index (χ1) is 9.06. The van der Waals surface area contributed by atoms with E-state index in [-0.39, 0.29) is 18.1 Å². The standard InChI is InChI=1S/C15H20N2O2/c1-4-19-15(18)9-11(2)17-12(3)14-7-5-13(10-16)6-8-14/h5-8,11-12,17H,4,9H2,1-3H3. The molecule has 4 nitrogen and oxygen atoms in total. The van der Waals surface area contributed by atoms with E-state index >= 15 is 0 Å². The number of rotatable bonds is 6. The van der Waals surface area contributed by atoms with Crippen LogP contribution in [0, 0.1) is 11.3 Å². The van der Waals surface area contributed by atoms with Gasteiger partial charge in [0.2, 0.25) is 0 Å². The molecule has 0 saturated carbocycles. The molecule has 0 aliphatic carbocycles. The van der Waals surface area contributed by atoms with Crippen LogP contribution < -0.4 is 5.32 Å². The van der Waals surface area contributed by atoms with Crippen LogP contribution in [0.2, 0.25) is 0 Å². The zero-order chi connectivity index (χ0) is 14.3. The van der Waals surface area contributed by atoms with Crippen LogP contribution in [0.1, 0.15) is 44.4 Å². The van der Waals surface area contributed by atoms with Crippen molar-refractivity contribution in [2.45, 2.75) is 39.3 Å². The molecule has 0 radical (unpaired) electrons. The molecule has 0 bridgehead atoms. The van der Waals surface area contributed by atoms with Crippen LogP contribution in [0.5, 0.6) is 0 Å². The molecule has 0 aliphatic rings. The van der Waals surface area contributed by atoms with Crippen molar-refractivity contribution in [3.8, 4) is 6.07 Å². The predicted molar refractivity (Wildman–Crippen MR) is 73.4 cm³/mol. The molecule has 2 atom stereocenters. The SMILES string of the molecule is CCOC(=O)CC(C)NC(C)c1ccc(C#N)cc1. The van der Waals surface area contributed by atoms with E-state index in [0.29, 0.717) is 18.6 Å². The van der Waals surface area contributed by atoms with Crippen LogP contribution in [0.15, 0.2) is 24.3 Å². The third-order valence-electron chi connectivity index (χ3n) is 2.85. The van der Waals surface area contributed by atoms with Gasteiger partial charge in [0, 0.05) is 12.1 Å². The van der Waals surface area contributed by atoms with Gasteiger partial charge in [0.05, 0.1) is 24.7 Å². The summed E-state index contributed by atoms with van der Waals surface area (Å²) in [5.74, 6) is -0.186. The topological polar surface area (TPSA) is 62.1 Å². The lowest BCUT2D eigenvalue weighted by Gasteiger charge is -2.19. The van der Waals surface area contributed by atoms with Crippen LogP contribution in [0.4, 0.5) is 0 Å². The zero-order valence-corrected chi connectivity index (χ0v) is 11.6. The van der Waals surface area contributed by atoms with Crippen molar-refractivity contribution >= 4 is 5.97 Å². The lowest BCUT2D eigenvalue weighted by atomic mass is 10.1. The second-order valence-corrected chi connectivity index (χ2v) is 4.53. The lowest BCUT2D eigenvalue weighted by molar-refractivity contribution is -0.143. The highest BCUT2D eigenvalue weighted by molar-refractivity contribution is 5.70. The van der Waals surface area contributed by atoms with Crippen molar-refractivity contribution in [2.75, 3.05) is 6.61 Å². The molecule has 1 aromatic rings. The first-order valence-corrected chi connectivity index (χ1v) is 6.48. The minimum absolute atomic E-state index is 0.0460. The smallest absolute Gasteiger partial charge is 0.307 e. The second-order valence-electron chi connectivity index (χ2n) is 4.53. The Hall–Kier alpha value is -1.86. The number of nitriles is 1. The quantitative estimate of drug-likeness (QED) is 0.798. The van der Waals surface area contributed by atoms with Crippen molar-refractivity contribution in [2.24, 2.45) is 0 Å². The Kier molecular flexibility index (Phi) is 6.04. The van der Waals surface area contributed by atoms with E-state index in [1.54, 1.807) is 19.1 Å². The van der Waals surface area contributed by atoms with Crippen LogP contribution >= 0.6 is 0 Å². The fraction of sp³-hybridized carbons (Fsp3) is 0.467. The van der Waals surface area contributed by atoms with E-state index in [2.05, 4.69) is 11.4 Å². The fourth-order valence-corrected chi connectivity index (χ4v) is 1.90. The van der Waals surface area contributed by atoms with E-state index in [0.717, 1.165) is 5.56 Å². The summed E-state index contributed by atoms with van der Waals surface area (Å²) in [6, 6.07) is 9.70. The fourth-order valence-electron chi connectivity index (χ4n) is 1.90. The zero-order valence-electron chi connectivity index (χ0n) is 11.6. The van der Waals surface area contributed by atoms with E-state index in [1.807, 2.05) is 26.0 Å². The summed E-state index contributed by atoms with van der Waals surface area (Å²) in [7, 11) is 0. The molecule has 102 valence electrons. The van der Waals surface area contributed by atoms with Crippen molar-refractivity contribution < 1.29 is 9.53 Å². The van der Waals surface area contributed by atoms with Crippen LogP contribution in [0.3, 0.4) is 0 Å². The number of nitrogens with zero attached hydrogens (tertiary/aromatic N) is 1. The summed E-state index contributed by atoms with van der Waals surface area (Å²) >= 11 is 0. The van der Waals surface area contributed by atoms with Gasteiger partial charge in [-0.15, -0.1) is 0 Å². The molecule has 19 heavy (non-hydrogen) atoms. The number of esters is 1. The van der Waals surface area contributed by atoms with Gasteiger partial charge in [0.15, 0.2) is 0 Å². The Morgan fingerprint density at radius 2 is 2.00 bits per heavy atom. The van der Waals surface area contributed by atoms with Crippen molar-refractivity contribution in [1.29, 1.82) is 5.26 Å². The third-order valence-corrected chi connectivity index (χ3v) is 2.85. The molecule has 1 N–H and O–H groups in total. The normalized spacial score (nSPS) is 13.4. The van der Waals surface area contributed by atoms with Crippen molar-refractivity contribution in [3.63, 3.8) is 0 Å². The molecule has 1 aromatic carbocycles. The molecule has 0 aromatic heterocycles. The molecule has 4 heteroatoms. The average molecular weight is 260 g/mol. The summed E-state index contributed by atoms with van der Waals surface area (Å²) in [5.41, 5.74) is 1.74. The van der Waals surface area contributed by atoms with E-state index in [4.69, 9.17) is 10.00 Å². The largest absolute Gasteiger partial charge is 0.466 e. The first kappa shape index (κ1) is 15.2. The summed E-state index contributed by atoms with van der Waals surface area (Å²) in [5, 5.41) is 12.1. The van der Waals surface area contributed by atoms with Crippen molar-refractivity contribution in [1.82, 2.24) is 5.32 Å². The number of carbonyl (C=O) groups excluding carboxylic acids is 1. The molecule has 0 fully saturated rings. The van der Waals surface area contributed by atoms with Gasteiger partial charge in [-0.3, -0.25) is 4.79 Å². The molecule has 0 spiro atoms. The van der Waals surface area contributed by atoms with Gasteiger partial charge in [-0.1, -0.05) is 12.1 Å². The van der Waals surface area contributed by atoms with E-state index in [1.165, 1.54) is 0 Å². The molecule has 0 amide bonds. The van der Waals surface area contributed by atoms with Gasteiger partial charge >= 0.3 is 5.97 Å². The van der Waals surface area contributed by atoms with Crippen molar-refractivity contribution in [3.05, 3.63) is 35.4 Å². The maximum atomic E-state index is 11.4. The monoisotopic (exact) mass is 260 g/mol. The average Bonchev–Trinajstić information content (AvgIpc) is 2.38. The minimum Gasteiger partial charge on any atom is -0.466 e. The molecule has 0 saturated heterocycles. The van der Waals surface area contributed by atoms with Gasteiger partial charge < -0.3 is 10.1 Å². The highest BCUT2D eigenvalue weighted by Gasteiger charge is 2.13. The predicted octanol–water partition coefficient (Wildman–Crippen LogP) is 2.55. The molecule has 0 aliphatic heterocycles. The highest BCUT2D eigenvalue weighted by atomic mass is 16.5. The summed E-state index contributed by atoms with van der Waals surface area (Å²) in [6.07, 6.45) is 0.356. The molecule has 1 rings (SSSR count). The Morgan fingerprint density at radius 1 is 1.37 bits per heavy atom. The highest BCUT2D eigenvalue weighted by Crippen LogP contribution is 2.14. The Bertz CT molecular complexity index is 448. The molecule has 2 unspecified atom stereocenters. The Labute approximate surface area is 114 Å². The summed E-state index contributed by atoms with van der Waals surface area (Å²) < 4.78 is 4.92. The third kappa shape index (κ3) is 5.11. The number of hydrogen-bond acceptors (Lipinski definition) is 4. The number of ether oxygens (including phenoxy) is 1. The maximum absolute atomic E-state index is 11.4. The number of carbonyl (C=O) groups is 1. The van der Waals surface area contributed by atoms with Crippen LogP contribution in [-0.4, -0.2) is 18.6 Å². The maximum Gasteiger partial charge on any atom is 0.307 e. The number of nitrogens with one attached hydrogen (secondary N) is 1. The minimum atomic E-state index is -0.186. The van der Waals surface area contributed by atoms with Gasteiger partial charge in [0.1, 0.15) is 0 Å². The lowest BCUT2D eigenvalue weighted by Crippen LogP contribution is -2.31. The second kappa shape index (κ2) is 7.55. The van der Waals surface area contributed by atoms with E-state index in [9.17, 15) is 4.79 Å². The molecular formula is C15H20N2O2. The summed E-state index contributed by atoms with van der Waals surface area (Å²) in [4.78, 5) is 11.4. The molecule has 0 heterocycles. The van der Waals surface area contributed by atoms with Gasteiger partial charge in [-0.2, -0.15) is 5.26 Å². The van der Waals surface area contributed by atoms with Gasteiger partial charge in [0.25, 0.3) is 0 Å².